The van der Waals surface area contributed by atoms with Crippen molar-refractivity contribution in [2.75, 3.05) is 7.11 Å². The fourth-order valence-electron chi connectivity index (χ4n) is 2.43. The van der Waals surface area contributed by atoms with Gasteiger partial charge in [-0.05, 0) is 41.2 Å². The van der Waals surface area contributed by atoms with E-state index >= 15 is 0 Å². The Balaban J connectivity index is 2.38. The summed E-state index contributed by atoms with van der Waals surface area (Å²) < 4.78 is 5.29. The van der Waals surface area contributed by atoms with E-state index in [0.29, 0.717) is 0 Å². The third kappa shape index (κ3) is 3.27. The van der Waals surface area contributed by atoms with Gasteiger partial charge in [-0.1, -0.05) is 57.2 Å². The van der Waals surface area contributed by atoms with Crippen LogP contribution in [0, 0.1) is 0 Å². The van der Waals surface area contributed by atoms with E-state index in [-0.39, 0.29) is 5.41 Å². The van der Waals surface area contributed by atoms with E-state index in [2.05, 4.69) is 45.0 Å². The van der Waals surface area contributed by atoms with Gasteiger partial charge >= 0.3 is 0 Å². The maximum absolute atomic E-state index is 6.59. The minimum atomic E-state index is -0.537. The molecule has 0 fully saturated rings. The molecule has 0 saturated heterocycles. The maximum Gasteiger partial charge on any atom is 0.119 e. The van der Waals surface area contributed by atoms with Gasteiger partial charge in [-0.3, -0.25) is 0 Å². The third-order valence-electron chi connectivity index (χ3n) is 4.02. The van der Waals surface area contributed by atoms with Gasteiger partial charge in [0.1, 0.15) is 5.75 Å². The SMILES string of the molecule is COc1cccc(C(C)(N)c2ccc(C(C)(C)C)cc2)c1. The molecule has 2 heteroatoms. The molecular formula is C19H25NO. The second kappa shape index (κ2) is 5.53. The Morgan fingerprint density at radius 1 is 0.810 bits per heavy atom. The predicted octanol–water partition coefficient (Wildman–Crippen LogP) is 4.21. The lowest BCUT2D eigenvalue weighted by molar-refractivity contribution is 0.413. The Kier molecular flexibility index (Phi) is 4.11. The standard InChI is InChI=1S/C19H25NO/c1-18(2,3)14-9-11-15(12-10-14)19(4,20)16-7-6-8-17(13-16)21-5/h6-13H,20H2,1-5H3. The van der Waals surface area contributed by atoms with Crippen molar-refractivity contribution >= 4 is 0 Å². The van der Waals surface area contributed by atoms with Crippen LogP contribution in [0.15, 0.2) is 48.5 Å². The van der Waals surface area contributed by atoms with Crippen LogP contribution in [-0.4, -0.2) is 7.11 Å². The Morgan fingerprint density at radius 3 is 1.90 bits per heavy atom. The van der Waals surface area contributed by atoms with Gasteiger partial charge in [0.25, 0.3) is 0 Å². The summed E-state index contributed by atoms with van der Waals surface area (Å²) in [6.07, 6.45) is 0. The molecule has 0 amide bonds. The molecule has 0 aliphatic carbocycles. The molecule has 0 bridgehead atoms. The van der Waals surface area contributed by atoms with Gasteiger partial charge in [-0.2, -0.15) is 0 Å². The van der Waals surface area contributed by atoms with Gasteiger partial charge in [0.15, 0.2) is 0 Å². The number of ether oxygens (including phenoxy) is 1. The van der Waals surface area contributed by atoms with Crippen molar-refractivity contribution in [3.05, 3.63) is 65.2 Å². The van der Waals surface area contributed by atoms with Crippen molar-refractivity contribution in [1.82, 2.24) is 0 Å². The lowest BCUT2D eigenvalue weighted by atomic mass is 9.82. The topological polar surface area (TPSA) is 35.2 Å². The average molecular weight is 283 g/mol. The number of hydrogen-bond acceptors (Lipinski definition) is 2. The Morgan fingerprint density at radius 2 is 1.38 bits per heavy atom. The summed E-state index contributed by atoms with van der Waals surface area (Å²) in [6.45, 7) is 8.68. The first-order valence-corrected chi connectivity index (χ1v) is 7.29. The lowest BCUT2D eigenvalue weighted by Gasteiger charge is -2.27. The quantitative estimate of drug-likeness (QED) is 0.915. The largest absolute Gasteiger partial charge is 0.497 e. The van der Waals surface area contributed by atoms with Crippen LogP contribution in [0.3, 0.4) is 0 Å². The van der Waals surface area contributed by atoms with Gasteiger partial charge in [0, 0.05) is 0 Å². The molecule has 0 saturated carbocycles. The summed E-state index contributed by atoms with van der Waals surface area (Å²) >= 11 is 0. The van der Waals surface area contributed by atoms with E-state index in [1.54, 1.807) is 7.11 Å². The zero-order valence-electron chi connectivity index (χ0n) is 13.6. The second-order valence-electron chi connectivity index (χ2n) is 6.76. The van der Waals surface area contributed by atoms with Crippen molar-refractivity contribution in [3.63, 3.8) is 0 Å². The van der Waals surface area contributed by atoms with Crippen LogP contribution in [0.5, 0.6) is 5.75 Å². The fraction of sp³-hybridized carbons (Fsp3) is 0.368. The Bertz CT molecular complexity index is 606. The van der Waals surface area contributed by atoms with Crippen molar-refractivity contribution in [3.8, 4) is 5.75 Å². The highest BCUT2D eigenvalue weighted by molar-refractivity contribution is 5.42. The summed E-state index contributed by atoms with van der Waals surface area (Å²) in [6, 6.07) is 16.5. The van der Waals surface area contributed by atoms with Crippen molar-refractivity contribution < 1.29 is 4.74 Å². The van der Waals surface area contributed by atoms with Crippen molar-refractivity contribution in [2.45, 2.75) is 38.6 Å². The minimum absolute atomic E-state index is 0.152. The number of benzene rings is 2. The van der Waals surface area contributed by atoms with Crippen LogP contribution < -0.4 is 10.5 Å². The molecule has 1 atom stereocenters. The summed E-state index contributed by atoms with van der Waals surface area (Å²) in [4.78, 5) is 0. The molecule has 0 aromatic heterocycles. The molecule has 2 rings (SSSR count). The minimum Gasteiger partial charge on any atom is -0.497 e. The molecule has 2 nitrogen and oxygen atoms in total. The lowest BCUT2D eigenvalue weighted by Crippen LogP contribution is -2.34. The van der Waals surface area contributed by atoms with Crippen LogP contribution in [0.25, 0.3) is 0 Å². The normalized spacial score (nSPS) is 14.6. The molecule has 0 aliphatic rings. The highest BCUT2D eigenvalue weighted by Crippen LogP contribution is 2.30. The van der Waals surface area contributed by atoms with Gasteiger partial charge in [0.2, 0.25) is 0 Å². The van der Waals surface area contributed by atoms with Crippen molar-refractivity contribution in [2.24, 2.45) is 5.73 Å². The maximum atomic E-state index is 6.59. The van der Waals surface area contributed by atoms with Crippen molar-refractivity contribution in [1.29, 1.82) is 0 Å². The molecule has 112 valence electrons. The molecule has 0 radical (unpaired) electrons. The van der Waals surface area contributed by atoms with E-state index in [1.165, 1.54) is 5.56 Å². The molecule has 0 heterocycles. The number of hydrogen-bond donors (Lipinski definition) is 1. The molecule has 2 aromatic rings. The van der Waals surface area contributed by atoms with Crippen LogP contribution >= 0.6 is 0 Å². The predicted molar refractivity (Wildman–Crippen MR) is 88.8 cm³/mol. The average Bonchev–Trinajstić information content (AvgIpc) is 2.46. The molecule has 0 aliphatic heterocycles. The zero-order chi connectivity index (χ0) is 15.7. The highest BCUT2D eigenvalue weighted by atomic mass is 16.5. The van der Waals surface area contributed by atoms with Gasteiger partial charge in [-0.25, -0.2) is 0 Å². The van der Waals surface area contributed by atoms with Crippen LogP contribution in [0.1, 0.15) is 44.4 Å². The number of rotatable bonds is 3. The summed E-state index contributed by atoms with van der Waals surface area (Å²) in [5, 5.41) is 0. The molecule has 0 spiro atoms. The number of nitrogens with two attached hydrogens (primary N) is 1. The second-order valence-corrected chi connectivity index (χ2v) is 6.76. The monoisotopic (exact) mass is 283 g/mol. The first-order chi connectivity index (χ1) is 9.75. The number of methoxy groups -OCH3 is 1. The Labute approximate surface area is 127 Å². The van der Waals surface area contributed by atoms with Crippen LogP contribution in [0.4, 0.5) is 0 Å². The highest BCUT2D eigenvalue weighted by Gasteiger charge is 2.24. The molecule has 21 heavy (non-hydrogen) atoms. The first-order valence-electron chi connectivity index (χ1n) is 7.29. The fourth-order valence-corrected chi connectivity index (χ4v) is 2.43. The summed E-state index contributed by atoms with van der Waals surface area (Å²) in [5.74, 6) is 0.829. The molecule has 2 aromatic carbocycles. The molecular weight excluding hydrogens is 258 g/mol. The smallest absolute Gasteiger partial charge is 0.119 e. The zero-order valence-corrected chi connectivity index (χ0v) is 13.6. The van der Waals surface area contributed by atoms with E-state index in [4.69, 9.17) is 10.5 Å². The van der Waals surface area contributed by atoms with Crippen LogP contribution in [-0.2, 0) is 11.0 Å². The van der Waals surface area contributed by atoms with E-state index in [1.807, 2.05) is 31.2 Å². The Hall–Kier alpha value is -1.80. The van der Waals surface area contributed by atoms with Gasteiger partial charge in [-0.15, -0.1) is 0 Å². The third-order valence-corrected chi connectivity index (χ3v) is 4.02. The van der Waals surface area contributed by atoms with E-state index in [9.17, 15) is 0 Å². The first kappa shape index (κ1) is 15.6. The van der Waals surface area contributed by atoms with E-state index in [0.717, 1.165) is 16.9 Å². The summed E-state index contributed by atoms with van der Waals surface area (Å²) in [7, 11) is 1.67. The summed E-state index contributed by atoms with van der Waals surface area (Å²) in [5.41, 5.74) is 9.66. The molecule has 2 N–H and O–H groups in total. The van der Waals surface area contributed by atoms with Gasteiger partial charge < -0.3 is 10.5 Å². The molecule has 1 unspecified atom stereocenters. The van der Waals surface area contributed by atoms with Gasteiger partial charge in [0.05, 0.1) is 12.6 Å². The van der Waals surface area contributed by atoms with E-state index < -0.39 is 5.54 Å². The van der Waals surface area contributed by atoms with Crippen LogP contribution in [0.2, 0.25) is 0 Å².